The van der Waals surface area contributed by atoms with Gasteiger partial charge in [-0.1, -0.05) is 0 Å². The molecule has 0 saturated carbocycles. The van der Waals surface area contributed by atoms with Gasteiger partial charge in [0.15, 0.2) is 5.82 Å². The third-order valence-corrected chi connectivity index (χ3v) is 2.59. The van der Waals surface area contributed by atoms with Gasteiger partial charge in [0.2, 0.25) is 0 Å². The van der Waals surface area contributed by atoms with Crippen LogP contribution in [0.3, 0.4) is 0 Å². The molecule has 0 aliphatic rings. The van der Waals surface area contributed by atoms with Gasteiger partial charge in [-0.05, 0) is 32.9 Å². The molecule has 4 nitrogen and oxygen atoms in total. The van der Waals surface area contributed by atoms with Crippen LogP contribution in [0.4, 0.5) is 13.2 Å². The third-order valence-electron chi connectivity index (χ3n) is 2.59. The molecule has 0 aliphatic heterocycles. The molecule has 0 bridgehead atoms. The predicted octanol–water partition coefficient (Wildman–Crippen LogP) is 3.11. The van der Waals surface area contributed by atoms with Gasteiger partial charge in [0.05, 0.1) is 5.56 Å². The topological polar surface area (TPSA) is 43.6 Å². The molecule has 2 aromatic heterocycles. The highest BCUT2D eigenvalue weighted by atomic mass is 19.4. The lowest BCUT2D eigenvalue weighted by atomic mass is 10.1. The lowest BCUT2D eigenvalue weighted by molar-refractivity contribution is -0.137. The van der Waals surface area contributed by atoms with Crippen molar-refractivity contribution in [2.45, 2.75) is 32.5 Å². The van der Waals surface area contributed by atoms with Gasteiger partial charge in [0, 0.05) is 11.7 Å². The molecule has 0 radical (unpaired) electrons. The minimum absolute atomic E-state index is 0.275. The van der Waals surface area contributed by atoms with E-state index in [1.165, 1.54) is 12.4 Å². The SMILES string of the molecule is CC(C)(C)n1cnnc1-c1ccc(C(F)(F)F)cn1. The summed E-state index contributed by atoms with van der Waals surface area (Å²) in [7, 11) is 0. The number of hydrogen-bond acceptors (Lipinski definition) is 3. The van der Waals surface area contributed by atoms with Crippen molar-refractivity contribution in [2.24, 2.45) is 0 Å². The number of rotatable bonds is 1. The normalized spacial score (nSPS) is 12.7. The van der Waals surface area contributed by atoms with Gasteiger partial charge in [0.25, 0.3) is 0 Å². The Labute approximate surface area is 108 Å². The average molecular weight is 270 g/mol. The van der Waals surface area contributed by atoms with Crippen molar-refractivity contribution in [3.63, 3.8) is 0 Å². The molecule has 102 valence electrons. The molecule has 0 amide bonds. The van der Waals surface area contributed by atoms with Crippen molar-refractivity contribution >= 4 is 0 Å². The Bertz CT molecular complexity index is 564. The second-order valence-corrected chi connectivity index (χ2v) is 5.13. The molecule has 0 N–H and O–H groups in total. The first-order valence-electron chi connectivity index (χ1n) is 5.64. The molecule has 0 aliphatic carbocycles. The Balaban J connectivity index is 2.42. The van der Waals surface area contributed by atoms with E-state index in [1.807, 2.05) is 20.8 Å². The van der Waals surface area contributed by atoms with Crippen molar-refractivity contribution in [2.75, 3.05) is 0 Å². The first kappa shape index (κ1) is 13.5. The van der Waals surface area contributed by atoms with E-state index in [0.717, 1.165) is 12.3 Å². The molecular formula is C12H13F3N4. The van der Waals surface area contributed by atoms with E-state index in [-0.39, 0.29) is 5.54 Å². The van der Waals surface area contributed by atoms with Gasteiger partial charge in [-0.25, -0.2) is 0 Å². The van der Waals surface area contributed by atoms with Crippen molar-refractivity contribution in [1.82, 2.24) is 19.7 Å². The van der Waals surface area contributed by atoms with Gasteiger partial charge in [-0.2, -0.15) is 13.2 Å². The highest BCUT2D eigenvalue weighted by Gasteiger charge is 2.31. The van der Waals surface area contributed by atoms with E-state index < -0.39 is 11.7 Å². The second-order valence-electron chi connectivity index (χ2n) is 5.13. The van der Waals surface area contributed by atoms with Crippen molar-refractivity contribution in [1.29, 1.82) is 0 Å². The first-order valence-corrected chi connectivity index (χ1v) is 5.64. The molecule has 0 aromatic carbocycles. The molecule has 2 rings (SSSR count). The minimum Gasteiger partial charge on any atom is -0.307 e. The lowest BCUT2D eigenvalue weighted by Crippen LogP contribution is -2.22. The fourth-order valence-corrected chi connectivity index (χ4v) is 1.59. The Morgan fingerprint density at radius 2 is 1.79 bits per heavy atom. The summed E-state index contributed by atoms with van der Waals surface area (Å²) < 4.78 is 39.1. The maximum absolute atomic E-state index is 12.5. The summed E-state index contributed by atoms with van der Waals surface area (Å²) in [5.41, 5.74) is -0.693. The van der Waals surface area contributed by atoms with Gasteiger partial charge >= 0.3 is 6.18 Å². The van der Waals surface area contributed by atoms with Crippen LogP contribution in [0.15, 0.2) is 24.7 Å². The smallest absolute Gasteiger partial charge is 0.307 e. The van der Waals surface area contributed by atoms with Crippen LogP contribution in [-0.4, -0.2) is 19.7 Å². The monoisotopic (exact) mass is 270 g/mol. The van der Waals surface area contributed by atoms with Crippen LogP contribution in [0.1, 0.15) is 26.3 Å². The number of pyridine rings is 1. The largest absolute Gasteiger partial charge is 0.417 e. The van der Waals surface area contributed by atoms with Crippen LogP contribution < -0.4 is 0 Å². The van der Waals surface area contributed by atoms with Crippen molar-refractivity contribution in [3.05, 3.63) is 30.2 Å². The van der Waals surface area contributed by atoms with E-state index in [0.29, 0.717) is 11.5 Å². The summed E-state index contributed by atoms with van der Waals surface area (Å²) in [4.78, 5) is 3.82. The highest BCUT2D eigenvalue weighted by molar-refractivity contribution is 5.49. The maximum Gasteiger partial charge on any atom is 0.417 e. The number of aromatic nitrogens is 4. The summed E-state index contributed by atoms with van der Waals surface area (Å²) in [6.07, 6.45) is -2.05. The summed E-state index contributed by atoms with van der Waals surface area (Å²) in [6, 6.07) is 2.29. The zero-order valence-corrected chi connectivity index (χ0v) is 10.7. The predicted molar refractivity (Wildman–Crippen MR) is 63.3 cm³/mol. The van der Waals surface area contributed by atoms with Crippen LogP contribution in [0.2, 0.25) is 0 Å². The Hall–Kier alpha value is -1.92. The van der Waals surface area contributed by atoms with E-state index in [9.17, 15) is 13.2 Å². The summed E-state index contributed by atoms with van der Waals surface area (Å²) >= 11 is 0. The molecule has 7 heteroatoms. The summed E-state index contributed by atoms with van der Waals surface area (Å²) in [5.74, 6) is 0.446. The quantitative estimate of drug-likeness (QED) is 0.799. The van der Waals surface area contributed by atoms with Crippen molar-refractivity contribution < 1.29 is 13.2 Å². The molecule has 0 fully saturated rings. The fourth-order valence-electron chi connectivity index (χ4n) is 1.59. The van der Waals surface area contributed by atoms with Gasteiger partial charge < -0.3 is 4.57 Å². The van der Waals surface area contributed by atoms with Crippen LogP contribution in [0.25, 0.3) is 11.5 Å². The molecular weight excluding hydrogens is 257 g/mol. The number of halogens is 3. The standard InChI is InChI=1S/C12H13F3N4/c1-11(2,3)19-7-17-18-10(19)9-5-4-8(6-16-9)12(13,14)15/h4-7H,1-3H3. The molecule has 0 atom stereocenters. The van der Waals surface area contributed by atoms with Crippen LogP contribution in [0, 0.1) is 0 Å². The van der Waals surface area contributed by atoms with Gasteiger partial charge in [0.1, 0.15) is 12.0 Å². The zero-order chi connectivity index (χ0) is 14.3. The van der Waals surface area contributed by atoms with Gasteiger partial charge in [-0.15, -0.1) is 10.2 Å². The number of alkyl halides is 3. The summed E-state index contributed by atoms with van der Waals surface area (Å²) in [6.45, 7) is 5.85. The Morgan fingerprint density at radius 1 is 1.11 bits per heavy atom. The molecule has 0 saturated heterocycles. The minimum atomic E-state index is -4.39. The van der Waals surface area contributed by atoms with E-state index in [2.05, 4.69) is 15.2 Å². The van der Waals surface area contributed by atoms with Gasteiger partial charge in [-0.3, -0.25) is 4.98 Å². The third kappa shape index (κ3) is 2.74. The first-order chi connectivity index (χ1) is 8.69. The number of hydrogen-bond donors (Lipinski definition) is 0. The molecule has 2 heterocycles. The fraction of sp³-hybridized carbons (Fsp3) is 0.417. The van der Waals surface area contributed by atoms with E-state index in [4.69, 9.17) is 0 Å². The molecule has 0 spiro atoms. The zero-order valence-electron chi connectivity index (χ0n) is 10.7. The lowest BCUT2D eigenvalue weighted by Gasteiger charge is -2.22. The van der Waals surface area contributed by atoms with Crippen LogP contribution >= 0.6 is 0 Å². The average Bonchev–Trinajstić information content (AvgIpc) is 2.76. The number of nitrogens with zero attached hydrogens (tertiary/aromatic N) is 4. The van der Waals surface area contributed by atoms with Crippen molar-refractivity contribution in [3.8, 4) is 11.5 Å². The Morgan fingerprint density at radius 3 is 2.26 bits per heavy atom. The van der Waals surface area contributed by atoms with Crippen LogP contribution in [0.5, 0.6) is 0 Å². The highest BCUT2D eigenvalue weighted by Crippen LogP contribution is 2.30. The van der Waals surface area contributed by atoms with E-state index in [1.54, 1.807) is 4.57 Å². The molecule has 0 unspecified atom stereocenters. The second kappa shape index (κ2) is 4.32. The van der Waals surface area contributed by atoms with E-state index >= 15 is 0 Å². The molecule has 2 aromatic rings. The Kier molecular flexibility index (Phi) is 3.07. The molecule has 19 heavy (non-hydrogen) atoms. The maximum atomic E-state index is 12.5. The summed E-state index contributed by atoms with van der Waals surface area (Å²) in [5, 5.41) is 7.70. The van der Waals surface area contributed by atoms with Crippen LogP contribution in [-0.2, 0) is 11.7 Å².